The van der Waals surface area contributed by atoms with Crippen molar-refractivity contribution in [2.24, 2.45) is 0 Å². The quantitative estimate of drug-likeness (QED) is 0.617. The zero-order valence-corrected chi connectivity index (χ0v) is 15.0. The van der Waals surface area contributed by atoms with Crippen LogP contribution in [0, 0.1) is 8.70 Å². The first kappa shape index (κ1) is 15.4. The molecule has 0 radical (unpaired) electrons. The number of likely N-dealkylation sites (N-methyl/N-ethyl adjacent to an activating group) is 1. The Labute approximate surface area is 138 Å². The van der Waals surface area contributed by atoms with Gasteiger partial charge < -0.3 is 5.32 Å². The Kier molecular flexibility index (Phi) is 5.80. The Morgan fingerprint density at radius 2 is 2.16 bits per heavy atom. The van der Waals surface area contributed by atoms with Crippen molar-refractivity contribution < 1.29 is 4.39 Å². The largest absolute Gasteiger partial charge is 0.310 e. The summed E-state index contributed by atoms with van der Waals surface area (Å²) in [6.07, 6.45) is 0.789. The van der Waals surface area contributed by atoms with Crippen LogP contribution in [-0.2, 0) is 6.42 Å². The average molecular weight is 454 g/mol. The van der Waals surface area contributed by atoms with Gasteiger partial charge in [0.25, 0.3) is 0 Å². The van der Waals surface area contributed by atoms with Gasteiger partial charge in [0.2, 0.25) is 0 Å². The van der Waals surface area contributed by atoms with Crippen LogP contribution in [0.15, 0.2) is 34.1 Å². The summed E-state index contributed by atoms with van der Waals surface area (Å²) in [6, 6.07) is 7.49. The van der Waals surface area contributed by atoms with E-state index in [0.717, 1.165) is 23.0 Å². The third kappa shape index (κ3) is 4.51. The fourth-order valence-corrected chi connectivity index (χ4v) is 3.96. The molecule has 0 aliphatic carbocycles. The first-order valence-electron chi connectivity index (χ1n) is 6.00. The molecule has 2 rings (SSSR count). The number of hydrogen-bond acceptors (Lipinski definition) is 2. The molecule has 1 heterocycles. The molecule has 0 aliphatic rings. The molecule has 0 saturated heterocycles. The lowest BCUT2D eigenvalue weighted by molar-refractivity contribution is 0.548. The summed E-state index contributed by atoms with van der Waals surface area (Å²) >= 11 is 7.41. The molecular formula is C14H14BrFINS. The Morgan fingerprint density at radius 1 is 1.37 bits per heavy atom. The fourth-order valence-electron chi connectivity index (χ4n) is 2.02. The lowest BCUT2D eigenvalue weighted by atomic mass is 10.0. The van der Waals surface area contributed by atoms with Gasteiger partial charge in [-0.2, -0.15) is 0 Å². The number of nitrogens with one attached hydrogen (secondary N) is 1. The van der Waals surface area contributed by atoms with E-state index in [9.17, 15) is 4.39 Å². The summed E-state index contributed by atoms with van der Waals surface area (Å²) in [7, 11) is 0. The minimum Gasteiger partial charge on any atom is -0.310 e. The third-order valence-electron chi connectivity index (χ3n) is 2.80. The Balaban J connectivity index is 2.20. The molecule has 0 aliphatic heterocycles. The van der Waals surface area contributed by atoms with Crippen LogP contribution in [0.1, 0.15) is 24.1 Å². The molecule has 1 nitrogen and oxygen atoms in total. The van der Waals surface area contributed by atoms with Gasteiger partial charge in [0.05, 0.1) is 2.88 Å². The molecule has 1 atom stereocenters. The van der Waals surface area contributed by atoms with Gasteiger partial charge in [0, 0.05) is 10.5 Å². The smallest absolute Gasteiger partial charge is 0.124 e. The van der Waals surface area contributed by atoms with E-state index in [1.807, 2.05) is 6.07 Å². The van der Waals surface area contributed by atoms with Gasteiger partial charge in [-0.15, -0.1) is 11.3 Å². The van der Waals surface area contributed by atoms with E-state index in [1.165, 1.54) is 14.5 Å². The second-order valence-electron chi connectivity index (χ2n) is 4.28. The van der Waals surface area contributed by atoms with Gasteiger partial charge in [0.15, 0.2) is 0 Å². The van der Waals surface area contributed by atoms with Gasteiger partial charge in [-0.1, -0.05) is 22.9 Å². The molecule has 0 amide bonds. The molecule has 19 heavy (non-hydrogen) atoms. The Morgan fingerprint density at radius 3 is 2.74 bits per heavy atom. The Hall–Kier alpha value is 0.0200. The molecule has 102 valence electrons. The maximum absolute atomic E-state index is 13.4. The topological polar surface area (TPSA) is 12.0 Å². The average Bonchev–Trinajstić information content (AvgIpc) is 2.74. The van der Waals surface area contributed by atoms with Crippen LogP contribution in [0.3, 0.4) is 0 Å². The normalized spacial score (nSPS) is 12.6. The van der Waals surface area contributed by atoms with Crippen molar-refractivity contribution in [3.8, 4) is 0 Å². The molecule has 5 heteroatoms. The molecule has 0 spiro atoms. The number of benzene rings is 1. The van der Waals surface area contributed by atoms with Gasteiger partial charge in [-0.3, -0.25) is 0 Å². The van der Waals surface area contributed by atoms with Gasteiger partial charge in [-0.05, 0) is 76.3 Å². The van der Waals surface area contributed by atoms with Gasteiger partial charge in [-0.25, -0.2) is 4.39 Å². The second-order valence-corrected chi connectivity index (χ2v) is 8.00. The zero-order chi connectivity index (χ0) is 13.8. The first-order valence-corrected chi connectivity index (χ1v) is 8.76. The molecular weight excluding hydrogens is 440 g/mol. The second kappa shape index (κ2) is 7.15. The third-order valence-corrected chi connectivity index (χ3v) is 5.07. The molecule has 0 bridgehead atoms. The van der Waals surface area contributed by atoms with Crippen LogP contribution in [0.4, 0.5) is 4.39 Å². The molecule has 1 aromatic carbocycles. The summed E-state index contributed by atoms with van der Waals surface area (Å²) in [6.45, 7) is 2.99. The zero-order valence-electron chi connectivity index (χ0n) is 10.4. The van der Waals surface area contributed by atoms with Crippen LogP contribution in [0.25, 0.3) is 0 Å². The van der Waals surface area contributed by atoms with Crippen molar-refractivity contribution in [2.45, 2.75) is 19.4 Å². The van der Waals surface area contributed by atoms with E-state index in [4.69, 9.17) is 0 Å². The summed E-state index contributed by atoms with van der Waals surface area (Å²) in [4.78, 5) is 0. The van der Waals surface area contributed by atoms with E-state index in [1.54, 1.807) is 17.4 Å². The minimum atomic E-state index is -0.195. The standard InChI is InChI=1S/C14H14BrFINS/c1-2-18-13(10-6-14(17)19-8-10)5-9-3-11(15)7-12(16)4-9/h3-4,6-8,13,18H,2,5H2,1H3. The van der Waals surface area contributed by atoms with Crippen molar-refractivity contribution in [1.82, 2.24) is 5.32 Å². The maximum atomic E-state index is 13.4. The highest BCUT2D eigenvalue weighted by atomic mass is 127. The number of rotatable bonds is 5. The fraction of sp³-hybridized carbons (Fsp3) is 0.286. The van der Waals surface area contributed by atoms with Crippen molar-refractivity contribution in [2.75, 3.05) is 6.54 Å². The van der Waals surface area contributed by atoms with E-state index >= 15 is 0 Å². The van der Waals surface area contributed by atoms with Gasteiger partial charge >= 0.3 is 0 Å². The summed E-state index contributed by atoms with van der Waals surface area (Å²) in [5.41, 5.74) is 2.27. The number of halogens is 3. The highest BCUT2D eigenvalue weighted by molar-refractivity contribution is 14.1. The molecule has 1 N–H and O–H groups in total. The maximum Gasteiger partial charge on any atom is 0.124 e. The van der Waals surface area contributed by atoms with E-state index < -0.39 is 0 Å². The van der Waals surface area contributed by atoms with Crippen molar-refractivity contribution in [1.29, 1.82) is 0 Å². The van der Waals surface area contributed by atoms with Crippen LogP contribution in [-0.4, -0.2) is 6.54 Å². The lowest BCUT2D eigenvalue weighted by Crippen LogP contribution is -2.22. The van der Waals surface area contributed by atoms with Crippen LogP contribution in [0.5, 0.6) is 0 Å². The summed E-state index contributed by atoms with van der Waals surface area (Å²) in [5, 5.41) is 5.64. The van der Waals surface area contributed by atoms with Crippen LogP contribution < -0.4 is 5.32 Å². The summed E-state index contributed by atoms with van der Waals surface area (Å²) < 4.78 is 15.5. The monoisotopic (exact) mass is 453 g/mol. The van der Waals surface area contributed by atoms with Crippen molar-refractivity contribution >= 4 is 49.9 Å². The first-order chi connectivity index (χ1) is 9.08. The highest BCUT2D eigenvalue weighted by Gasteiger charge is 2.13. The Bertz CT molecular complexity index is 538. The van der Waals surface area contributed by atoms with E-state index in [0.29, 0.717) is 0 Å². The predicted molar refractivity (Wildman–Crippen MR) is 91.3 cm³/mol. The van der Waals surface area contributed by atoms with E-state index in [-0.39, 0.29) is 11.9 Å². The van der Waals surface area contributed by atoms with Crippen molar-refractivity contribution in [3.63, 3.8) is 0 Å². The van der Waals surface area contributed by atoms with Crippen LogP contribution in [0.2, 0.25) is 0 Å². The molecule has 0 fully saturated rings. The molecule has 1 aromatic heterocycles. The molecule has 0 saturated carbocycles. The minimum absolute atomic E-state index is 0.195. The number of hydrogen-bond donors (Lipinski definition) is 1. The van der Waals surface area contributed by atoms with E-state index in [2.05, 4.69) is 62.2 Å². The molecule has 2 aromatic rings. The number of thiophene rings is 1. The molecule has 1 unspecified atom stereocenters. The highest BCUT2D eigenvalue weighted by Crippen LogP contribution is 2.26. The summed E-state index contributed by atoms with van der Waals surface area (Å²) in [5.74, 6) is -0.195. The van der Waals surface area contributed by atoms with Crippen LogP contribution >= 0.6 is 49.9 Å². The SMILES string of the molecule is CCNC(Cc1cc(F)cc(Br)c1)c1csc(I)c1. The van der Waals surface area contributed by atoms with Crippen molar-refractivity contribution in [3.05, 3.63) is 53.9 Å². The van der Waals surface area contributed by atoms with Gasteiger partial charge in [0.1, 0.15) is 5.82 Å². The lowest BCUT2D eigenvalue weighted by Gasteiger charge is -2.17. The predicted octanol–water partition coefficient (Wildman–Crippen LogP) is 5.15.